The summed E-state index contributed by atoms with van der Waals surface area (Å²) in [6.45, 7) is 0.0986. The van der Waals surface area contributed by atoms with Crippen molar-refractivity contribution < 1.29 is 16.8 Å². The fourth-order valence-electron chi connectivity index (χ4n) is 1.69. The third-order valence-corrected chi connectivity index (χ3v) is 7.21. The summed E-state index contributed by atoms with van der Waals surface area (Å²) in [5.41, 5.74) is 0. The van der Waals surface area contributed by atoms with Gasteiger partial charge in [-0.25, -0.2) is 21.6 Å². The van der Waals surface area contributed by atoms with Crippen LogP contribution in [0, 0.1) is 0 Å². The van der Waals surface area contributed by atoms with Crippen molar-refractivity contribution in [1.82, 2.24) is 18.8 Å². The van der Waals surface area contributed by atoms with Gasteiger partial charge in [0.05, 0.1) is 11.9 Å². The van der Waals surface area contributed by atoms with Crippen LogP contribution in [0.15, 0.2) is 15.7 Å². The van der Waals surface area contributed by atoms with E-state index in [0.29, 0.717) is 4.60 Å². The smallest absolute Gasteiger partial charge is 0.247 e. The summed E-state index contributed by atoms with van der Waals surface area (Å²) < 4.78 is 52.8. The van der Waals surface area contributed by atoms with Crippen molar-refractivity contribution >= 4 is 36.0 Å². The Morgan fingerprint density at radius 1 is 1.42 bits per heavy atom. The normalized spacial score (nSPS) is 21.2. The van der Waals surface area contributed by atoms with Crippen LogP contribution < -0.4 is 4.72 Å². The standard InChI is InChI=1S/C8H13BrN4O4S2/c1-12-8(9)7(6-10-12)19(16,17)13-3-2-11-18(14,15)5-4-13/h6,11H,2-5H2,1H3. The number of hydrogen-bond donors (Lipinski definition) is 1. The Kier molecular flexibility index (Phi) is 4.02. The van der Waals surface area contributed by atoms with Crippen LogP contribution in [0.25, 0.3) is 0 Å². The minimum absolute atomic E-state index is 0.0364. The second-order valence-electron chi connectivity index (χ2n) is 4.04. The lowest BCUT2D eigenvalue weighted by molar-refractivity contribution is 0.439. The molecule has 1 N–H and O–H groups in total. The highest BCUT2D eigenvalue weighted by Crippen LogP contribution is 2.24. The molecule has 0 aliphatic carbocycles. The topological polar surface area (TPSA) is 101 Å². The van der Waals surface area contributed by atoms with E-state index in [1.807, 2.05) is 0 Å². The van der Waals surface area contributed by atoms with E-state index in [1.54, 1.807) is 7.05 Å². The summed E-state index contributed by atoms with van der Waals surface area (Å²) in [4.78, 5) is 0.0364. The number of sulfonamides is 2. The zero-order chi connectivity index (χ0) is 14.3. The maximum atomic E-state index is 12.4. The van der Waals surface area contributed by atoms with Gasteiger partial charge in [-0.05, 0) is 15.9 Å². The zero-order valence-corrected chi connectivity index (χ0v) is 13.3. The van der Waals surface area contributed by atoms with Gasteiger partial charge in [0.2, 0.25) is 20.0 Å². The molecule has 0 saturated carbocycles. The molecule has 1 aliphatic heterocycles. The molecule has 0 atom stereocenters. The summed E-state index contributed by atoms with van der Waals surface area (Å²) in [6, 6.07) is 0. The van der Waals surface area contributed by atoms with E-state index in [2.05, 4.69) is 25.8 Å². The lowest BCUT2D eigenvalue weighted by Crippen LogP contribution is -2.34. The number of nitrogens with one attached hydrogen (secondary N) is 1. The summed E-state index contributed by atoms with van der Waals surface area (Å²) in [5, 5.41) is 3.86. The first-order valence-electron chi connectivity index (χ1n) is 5.39. The number of aromatic nitrogens is 2. The van der Waals surface area contributed by atoms with Crippen molar-refractivity contribution in [2.75, 3.05) is 25.4 Å². The first-order chi connectivity index (χ1) is 8.74. The molecule has 1 aromatic rings. The van der Waals surface area contributed by atoms with Gasteiger partial charge in [-0.2, -0.15) is 9.40 Å². The van der Waals surface area contributed by atoms with Gasteiger partial charge >= 0.3 is 0 Å². The molecule has 1 aromatic heterocycles. The molecule has 0 unspecified atom stereocenters. The molecule has 1 fully saturated rings. The highest BCUT2D eigenvalue weighted by Gasteiger charge is 2.31. The van der Waals surface area contributed by atoms with Gasteiger partial charge in [0, 0.05) is 26.7 Å². The number of hydrogen-bond acceptors (Lipinski definition) is 5. The van der Waals surface area contributed by atoms with Crippen molar-refractivity contribution in [2.45, 2.75) is 4.90 Å². The molecule has 1 aliphatic rings. The third-order valence-electron chi connectivity index (χ3n) is 2.75. The van der Waals surface area contributed by atoms with Gasteiger partial charge in [-0.3, -0.25) is 4.68 Å². The van der Waals surface area contributed by atoms with Gasteiger partial charge in [-0.1, -0.05) is 0 Å². The Morgan fingerprint density at radius 2 is 2.11 bits per heavy atom. The van der Waals surface area contributed by atoms with E-state index >= 15 is 0 Å². The lowest BCUT2D eigenvalue weighted by Gasteiger charge is -2.18. The molecule has 0 aromatic carbocycles. The largest absolute Gasteiger partial charge is 0.260 e. The maximum Gasteiger partial charge on any atom is 0.247 e. The van der Waals surface area contributed by atoms with E-state index in [9.17, 15) is 16.8 Å². The summed E-state index contributed by atoms with van der Waals surface area (Å²) >= 11 is 3.16. The zero-order valence-electron chi connectivity index (χ0n) is 10.1. The van der Waals surface area contributed by atoms with Gasteiger partial charge in [0.25, 0.3) is 0 Å². The monoisotopic (exact) mass is 372 g/mol. The summed E-state index contributed by atoms with van der Waals surface area (Å²) in [5.74, 6) is -0.246. The van der Waals surface area contributed by atoms with E-state index < -0.39 is 20.0 Å². The van der Waals surface area contributed by atoms with Crippen molar-refractivity contribution in [3.8, 4) is 0 Å². The van der Waals surface area contributed by atoms with Crippen LogP contribution in [0.5, 0.6) is 0 Å². The summed E-state index contributed by atoms with van der Waals surface area (Å²) in [7, 11) is -5.53. The van der Waals surface area contributed by atoms with Gasteiger partial charge < -0.3 is 0 Å². The molecule has 11 heteroatoms. The average Bonchev–Trinajstić information content (AvgIpc) is 2.54. The van der Waals surface area contributed by atoms with Gasteiger partial charge in [0.1, 0.15) is 9.50 Å². The van der Waals surface area contributed by atoms with E-state index in [-0.39, 0.29) is 30.3 Å². The predicted molar refractivity (Wildman–Crippen MR) is 71.5 cm³/mol. The van der Waals surface area contributed by atoms with E-state index in [4.69, 9.17) is 0 Å². The van der Waals surface area contributed by atoms with Crippen molar-refractivity contribution in [3.05, 3.63) is 10.8 Å². The highest BCUT2D eigenvalue weighted by molar-refractivity contribution is 9.10. The van der Waals surface area contributed by atoms with Crippen LogP contribution in [0.4, 0.5) is 0 Å². The molecule has 0 amide bonds. The Balaban J connectivity index is 2.33. The second-order valence-corrected chi connectivity index (χ2v) is 8.62. The minimum Gasteiger partial charge on any atom is -0.260 e. The number of nitrogens with zero attached hydrogens (tertiary/aromatic N) is 3. The predicted octanol–water partition coefficient (Wildman–Crippen LogP) is -0.894. The molecule has 0 radical (unpaired) electrons. The molecular formula is C8H13BrN4O4S2. The molecule has 1 saturated heterocycles. The maximum absolute atomic E-state index is 12.4. The third kappa shape index (κ3) is 2.99. The fraction of sp³-hybridized carbons (Fsp3) is 0.625. The van der Waals surface area contributed by atoms with Gasteiger partial charge in [-0.15, -0.1) is 0 Å². The van der Waals surface area contributed by atoms with Crippen molar-refractivity contribution in [3.63, 3.8) is 0 Å². The number of halogens is 1. The number of aryl methyl sites for hydroxylation is 1. The van der Waals surface area contributed by atoms with Crippen LogP contribution in [0.1, 0.15) is 0 Å². The molecule has 0 bridgehead atoms. The molecule has 108 valence electrons. The van der Waals surface area contributed by atoms with Crippen LogP contribution in [0.2, 0.25) is 0 Å². The van der Waals surface area contributed by atoms with Crippen LogP contribution >= 0.6 is 15.9 Å². The SMILES string of the molecule is Cn1ncc(S(=O)(=O)N2CCNS(=O)(=O)CC2)c1Br. The Labute approximate surface area is 120 Å². The quantitative estimate of drug-likeness (QED) is 0.725. The average molecular weight is 373 g/mol. The Bertz CT molecular complexity index is 682. The highest BCUT2D eigenvalue weighted by atomic mass is 79.9. The molecule has 0 spiro atoms. The van der Waals surface area contributed by atoms with Crippen LogP contribution in [-0.2, 0) is 27.1 Å². The minimum atomic E-state index is -3.75. The van der Waals surface area contributed by atoms with E-state index in [1.165, 1.54) is 10.9 Å². The molecular weight excluding hydrogens is 360 g/mol. The van der Waals surface area contributed by atoms with Crippen LogP contribution in [-0.4, -0.2) is 56.3 Å². The second kappa shape index (κ2) is 5.13. The molecule has 2 heterocycles. The first kappa shape index (κ1) is 14.9. The van der Waals surface area contributed by atoms with Crippen LogP contribution in [0.3, 0.4) is 0 Å². The molecule has 8 nitrogen and oxygen atoms in total. The first-order valence-corrected chi connectivity index (χ1v) is 9.27. The Hall–Kier alpha value is -0.490. The van der Waals surface area contributed by atoms with Crippen molar-refractivity contribution in [2.24, 2.45) is 7.05 Å². The molecule has 2 rings (SSSR count). The Morgan fingerprint density at radius 3 is 2.68 bits per heavy atom. The lowest BCUT2D eigenvalue weighted by atomic mass is 10.6. The number of rotatable bonds is 2. The van der Waals surface area contributed by atoms with Crippen molar-refractivity contribution in [1.29, 1.82) is 0 Å². The van der Waals surface area contributed by atoms with Gasteiger partial charge in [0.15, 0.2) is 0 Å². The molecule has 19 heavy (non-hydrogen) atoms. The summed E-state index contributed by atoms with van der Waals surface area (Å²) in [6.07, 6.45) is 1.24. The van der Waals surface area contributed by atoms with E-state index in [0.717, 1.165) is 4.31 Å². The fourth-order valence-corrected chi connectivity index (χ4v) is 5.08.